The molecule has 1 atom stereocenters. The van der Waals surface area contributed by atoms with E-state index in [0.717, 1.165) is 11.9 Å². The van der Waals surface area contributed by atoms with Crippen molar-refractivity contribution in [3.05, 3.63) is 6.33 Å². The Morgan fingerprint density at radius 1 is 1.30 bits per heavy atom. The summed E-state index contributed by atoms with van der Waals surface area (Å²) in [6.45, 7) is 4.30. The number of aromatic nitrogens is 4. The number of H-pyrrole nitrogens is 1. The molecule has 0 amide bonds. The van der Waals surface area contributed by atoms with Crippen LogP contribution in [0.2, 0.25) is 0 Å². The largest absolute Gasteiger partial charge is 0.473 e. The van der Waals surface area contributed by atoms with Gasteiger partial charge in [0.05, 0.1) is 12.4 Å². The van der Waals surface area contributed by atoms with Gasteiger partial charge >= 0.3 is 0 Å². The number of imidazole rings is 1. The second-order valence-electron chi connectivity index (χ2n) is 4.98. The summed E-state index contributed by atoms with van der Waals surface area (Å²) in [5.41, 5.74) is 1.38. The van der Waals surface area contributed by atoms with E-state index in [1.165, 1.54) is 25.7 Å². The highest BCUT2D eigenvalue weighted by atomic mass is 16.5. The molecule has 1 unspecified atom stereocenters. The quantitative estimate of drug-likeness (QED) is 0.725. The molecule has 2 heterocycles. The zero-order valence-electron chi connectivity index (χ0n) is 12.4. The Morgan fingerprint density at radius 3 is 2.90 bits per heavy atom. The first-order valence-corrected chi connectivity index (χ1v) is 7.30. The van der Waals surface area contributed by atoms with Gasteiger partial charge in [-0.25, -0.2) is 4.98 Å². The summed E-state index contributed by atoms with van der Waals surface area (Å²) in [5, 5.41) is 2.93. The number of nitrogens with one attached hydrogen (secondary N) is 2. The van der Waals surface area contributed by atoms with Crippen LogP contribution in [-0.4, -0.2) is 33.1 Å². The summed E-state index contributed by atoms with van der Waals surface area (Å²) in [4.78, 5) is 15.8. The number of rotatable bonds is 8. The van der Waals surface area contributed by atoms with E-state index in [4.69, 9.17) is 4.74 Å². The molecular formula is C14H23N5O. The lowest BCUT2D eigenvalue weighted by Gasteiger charge is -2.14. The van der Waals surface area contributed by atoms with Crippen LogP contribution in [-0.2, 0) is 0 Å². The van der Waals surface area contributed by atoms with Crippen LogP contribution in [0.4, 0.5) is 5.95 Å². The fourth-order valence-electron chi connectivity index (χ4n) is 2.11. The Kier molecular flexibility index (Phi) is 5.15. The lowest BCUT2D eigenvalue weighted by Crippen LogP contribution is -2.13. The maximum absolute atomic E-state index is 5.95. The zero-order valence-corrected chi connectivity index (χ0v) is 12.4. The third-order valence-electron chi connectivity index (χ3n) is 3.25. The van der Waals surface area contributed by atoms with Crippen molar-refractivity contribution >= 4 is 17.1 Å². The molecule has 0 bridgehead atoms. The second kappa shape index (κ2) is 7.07. The molecule has 0 saturated heterocycles. The number of hydrogen-bond donors (Lipinski definition) is 2. The first-order valence-electron chi connectivity index (χ1n) is 7.30. The van der Waals surface area contributed by atoms with Crippen LogP contribution in [0.15, 0.2) is 6.33 Å². The average molecular weight is 277 g/mol. The topological polar surface area (TPSA) is 75.7 Å². The maximum atomic E-state index is 5.95. The van der Waals surface area contributed by atoms with E-state index in [2.05, 4.69) is 39.1 Å². The van der Waals surface area contributed by atoms with Crippen LogP contribution in [0.5, 0.6) is 5.88 Å². The summed E-state index contributed by atoms with van der Waals surface area (Å²) in [6, 6.07) is 0. The number of nitrogens with zero attached hydrogens (tertiary/aromatic N) is 3. The third-order valence-corrected chi connectivity index (χ3v) is 3.25. The van der Waals surface area contributed by atoms with E-state index in [-0.39, 0.29) is 6.10 Å². The zero-order chi connectivity index (χ0) is 14.4. The molecule has 20 heavy (non-hydrogen) atoms. The molecule has 2 N–H and O–H groups in total. The molecule has 0 aliphatic rings. The minimum atomic E-state index is 0.137. The van der Waals surface area contributed by atoms with E-state index < -0.39 is 0 Å². The standard InChI is InChI=1S/C14H23N5O/c1-4-5-6-7-8-10(2)20-13-11-12(17-9-16-11)18-14(15-3)19-13/h9-10H,4-8H2,1-3H3,(H2,15,16,17,18,19). The smallest absolute Gasteiger partial charge is 0.245 e. The lowest BCUT2D eigenvalue weighted by molar-refractivity contribution is 0.201. The molecular weight excluding hydrogens is 254 g/mol. The van der Waals surface area contributed by atoms with E-state index in [9.17, 15) is 0 Å². The van der Waals surface area contributed by atoms with Crippen molar-refractivity contribution in [2.75, 3.05) is 12.4 Å². The molecule has 0 aliphatic heterocycles. The van der Waals surface area contributed by atoms with Crippen molar-refractivity contribution in [1.29, 1.82) is 0 Å². The fraction of sp³-hybridized carbons (Fsp3) is 0.643. The summed E-state index contributed by atoms with van der Waals surface area (Å²) >= 11 is 0. The Bertz CT molecular complexity index is 539. The van der Waals surface area contributed by atoms with Crippen molar-refractivity contribution in [3.63, 3.8) is 0 Å². The SMILES string of the molecule is CCCCCCC(C)Oc1nc(NC)nc2nc[nH]c12. The monoisotopic (exact) mass is 277 g/mol. The molecule has 0 aliphatic carbocycles. The van der Waals surface area contributed by atoms with Gasteiger partial charge in [0.1, 0.15) is 5.52 Å². The van der Waals surface area contributed by atoms with Gasteiger partial charge in [-0.3, -0.25) is 0 Å². The molecule has 0 aromatic carbocycles. The van der Waals surface area contributed by atoms with Gasteiger partial charge in [0.15, 0.2) is 5.65 Å². The molecule has 0 radical (unpaired) electrons. The van der Waals surface area contributed by atoms with Gasteiger partial charge in [0.2, 0.25) is 11.8 Å². The van der Waals surface area contributed by atoms with Crippen LogP contribution < -0.4 is 10.1 Å². The summed E-state index contributed by atoms with van der Waals surface area (Å²) in [6.07, 6.45) is 7.76. The molecule has 2 rings (SSSR count). The van der Waals surface area contributed by atoms with Gasteiger partial charge in [-0.15, -0.1) is 0 Å². The predicted molar refractivity (Wildman–Crippen MR) is 80.1 cm³/mol. The lowest BCUT2D eigenvalue weighted by atomic mass is 10.1. The van der Waals surface area contributed by atoms with Gasteiger partial charge in [-0.05, 0) is 19.8 Å². The normalized spacial score (nSPS) is 12.6. The van der Waals surface area contributed by atoms with Crippen molar-refractivity contribution < 1.29 is 4.74 Å². The number of anilines is 1. The van der Waals surface area contributed by atoms with Crippen molar-refractivity contribution in [2.45, 2.75) is 52.1 Å². The Morgan fingerprint density at radius 2 is 2.15 bits per heavy atom. The van der Waals surface area contributed by atoms with E-state index in [1.54, 1.807) is 13.4 Å². The molecule has 0 saturated carbocycles. The number of hydrogen-bond acceptors (Lipinski definition) is 5. The first-order chi connectivity index (χ1) is 9.74. The third kappa shape index (κ3) is 3.59. The van der Waals surface area contributed by atoms with Crippen molar-refractivity contribution in [2.24, 2.45) is 0 Å². The molecule has 0 fully saturated rings. The predicted octanol–water partition coefficient (Wildman–Crippen LogP) is 3.13. The summed E-state index contributed by atoms with van der Waals surface area (Å²) in [7, 11) is 1.78. The van der Waals surface area contributed by atoms with Crippen LogP contribution in [0.25, 0.3) is 11.2 Å². The first kappa shape index (κ1) is 14.6. The molecule has 110 valence electrons. The number of aromatic amines is 1. The van der Waals surface area contributed by atoms with Gasteiger partial charge < -0.3 is 15.0 Å². The molecule has 2 aromatic rings. The summed E-state index contributed by atoms with van der Waals surface area (Å²) in [5.74, 6) is 1.10. The van der Waals surface area contributed by atoms with Crippen LogP contribution >= 0.6 is 0 Å². The van der Waals surface area contributed by atoms with Crippen LogP contribution in [0.3, 0.4) is 0 Å². The molecule has 0 spiro atoms. The second-order valence-corrected chi connectivity index (χ2v) is 4.98. The van der Waals surface area contributed by atoms with Gasteiger partial charge in [-0.2, -0.15) is 9.97 Å². The summed E-state index contributed by atoms with van der Waals surface area (Å²) < 4.78 is 5.95. The van der Waals surface area contributed by atoms with E-state index in [0.29, 0.717) is 17.5 Å². The van der Waals surface area contributed by atoms with Gasteiger partial charge in [0.25, 0.3) is 0 Å². The highest BCUT2D eigenvalue weighted by molar-refractivity contribution is 5.76. The van der Waals surface area contributed by atoms with Gasteiger partial charge in [0, 0.05) is 7.05 Å². The Hall–Kier alpha value is -1.85. The Balaban J connectivity index is 2.02. The average Bonchev–Trinajstić information content (AvgIpc) is 2.92. The molecule has 6 heteroatoms. The minimum Gasteiger partial charge on any atom is -0.473 e. The highest BCUT2D eigenvalue weighted by Gasteiger charge is 2.13. The van der Waals surface area contributed by atoms with Crippen LogP contribution in [0.1, 0.15) is 46.0 Å². The van der Waals surface area contributed by atoms with Gasteiger partial charge in [-0.1, -0.05) is 26.2 Å². The minimum absolute atomic E-state index is 0.137. The van der Waals surface area contributed by atoms with Crippen LogP contribution in [0, 0.1) is 0 Å². The van der Waals surface area contributed by atoms with Crippen molar-refractivity contribution in [3.8, 4) is 5.88 Å². The van der Waals surface area contributed by atoms with E-state index in [1.807, 2.05) is 0 Å². The fourth-order valence-corrected chi connectivity index (χ4v) is 2.11. The molecule has 2 aromatic heterocycles. The number of ether oxygens (including phenoxy) is 1. The Labute approximate surface area is 119 Å². The van der Waals surface area contributed by atoms with E-state index >= 15 is 0 Å². The maximum Gasteiger partial charge on any atom is 0.245 e. The number of unbranched alkanes of at least 4 members (excludes halogenated alkanes) is 3. The van der Waals surface area contributed by atoms with Crippen molar-refractivity contribution in [1.82, 2.24) is 19.9 Å². The highest BCUT2D eigenvalue weighted by Crippen LogP contribution is 2.22. The molecule has 6 nitrogen and oxygen atoms in total. The number of fused-ring (bicyclic) bond motifs is 1.